The number of rotatable bonds is 1. The van der Waals surface area contributed by atoms with E-state index in [1.165, 1.54) is 0 Å². The lowest BCUT2D eigenvalue weighted by Gasteiger charge is -2.00. The lowest BCUT2D eigenvalue weighted by Crippen LogP contribution is -1.88. The summed E-state index contributed by atoms with van der Waals surface area (Å²) in [5.41, 5.74) is 8.70. The summed E-state index contributed by atoms with van der Waals surface area (Å²) in [6.07, 6.45) is 3.41. The van der Waals surface area contributed by atoms with Crippen LogP contribution in [0.2, 0.25) is 0 Å². The van der Waals surface area contributed by atoms with Gasteiger partial charge < -0.3 is 10.2 Å². The second-order valence-electron chi connectivity index (χ2n) is 3.70. The number of pyridine rings is 1. The van der Waals surface area contributed by atoms with Gasteiger partial charge in [-0.3, -0.25) is 4.98 Å². The third-order valence-electron chi connectivity index (χ3n) is 2.52. The molecule has 0 aliphatic rings. The number of benzene rings is 1. The molecule has 0 bridgehead atoms. The summed E-state index contributed by atoms with van der Waals surface area (Å²) in [6, 6.07) is 5.56. The predicted molar refractivity (Wildman–Crippen MR) is 77.1 cm³/mol. The van der Waals surface area contributed by atoms with Crippen LogP contribution in [-0.2, 0) is 0 Å². The van der Waals surface area contributed by atoms with Gasteiger partial charge in [-0.05, 0) is 50.1 Å². The van der Waals surface area contributed by atoms with Gasteiger partial charge in [0.05, 0.1) is 15.7 Å². The first-order valence-electron chi connectivity index (χ1n) is 5.11. The van der Waals surface area contributed by atoms with Gasteiger partial charge in [-0.15, -0.1) is 0 Å². The molecule has 2 N–H and O–H groups in total. The Balaban J connectivity index is 2.27. The van der Waals surface area contributed by atoms with E-state index in [2.05, 4.69) is 41.8 Å². The SMILES string of the molecule is Nc1c(Br)cc2nc(-c3cccnc3)oc2c1Br. The number of halogens is 2. The first-order chi connectivity index (χ1) is 8.66. The Morgan fingerprint density at radius 3 is 2.83 bits per heavy atom. The number of hydrogen-bond acceptors (Lipinski definition) is 4. The molecule has 90 valence electrons. The Labute approximate surface area is 119 Å². The van der Waals surface area contributed by atoms with Crippen LogP contribution in [0.15, 0.2) is 44.0 Å². The van der Waals surface area contributed by atoms with E-state index in [0.29, 0.717) is 21.6 Å². The van der Waals surface area contributed by atoms with E-state index in [1.54, 1.807) is 12.4 Å². The number of anilines is 1. The molecule has 0 fully saturated rings. The fraction of sp³-hybridized carbons (Fsp3) is 0. The fourth-order valence-corrected chi connectivity index (χ4v) is 2.80. The summed E-state index contributed by atoms with van der Waals surface area (Å²) in [5.74, 6) is 0.524. The van der Waals surface area contributed by atoms with Crippen LogP contribution in [-0.4, -0.2) is 9.97 Å². The third kappa shape index (κ3) is 1.81. The van der Waals surface area contributed by atoms with Crippen molar-refractivity contribution in [1.82, 2.24) is 9.97 Å². The Morgan fingerprint density at radius 1 is 1.28 bits per heavy atom. The minimum absolute atomic E-state index is 0.524. The molecule has 0 saturated carbocycles. The summed E-state index contributed by atoms with van der Waals surface area (Å²) in [7, 11) is 0. The van der Waals surface area contributed by atoms with Crippen molar-refractivity contribution in [2.75, 3.05) is 5.73 Å². The van der Waals surface area contributed by atoms with E-state index in [9.17, 15) is 0 Å². The van der Waals surface area contributed by atoms with Crippen molar-refractivity contribution in [2.24, 2.45) is 0 Å². The molecule has 2 aromatic heterocycles. The molecule has 0 radical (unpaired) electrons. The van der Waals surface area contributed by atoms with E-state index in [4.69, 9.17) is 10.2 Å². The van der Waals surface area contributed by atoms with E-state index in [1.807, 2.05) is 18.2 Å². The van der Waals surface area contributed by atoms with E-state index in [0.717, 1.165) is 15.6 Å². The molecule has 2 heterocycles. The van der Waals surface area contributed by atoms with Crippen LogP contribution in [0, 0.1) is 0 Å². The molecule has 3 aromatic rings. The van der Waals surface area contributed by atoms with Crippen molar-refractivity contribution in [3.8, 4) is 11.5 Å². The minimum atomic E-state index is 0.524. The van der Waals surface area contributed by atoms with Crippen LogP contribution in [0.1, 0.15) is 0 Å². The molecule has 0 amide bonds. The quantitative estimate of drug-likeness (QED) is 0.659. The Morgan fingerprint density at radius 2 is 2.11 bits per heavy atom. The van der Waals surface area contributed by atoms with E-state index >= 15 is 0 Å². The van der Waals surface area contributed by atoms with Crippen LogP contribution >= 0.6 is 31.9 Å². The maximum atomic E-state index is 5.90. The molecular weight excluding hydrogens is 362 g/mol. The predicted octanol–water partition coefficient (Wildman–Crippen LogP) is 4.00. The van der Waals surface area contributed by atoms with Crippen molar-refractivity contribution in [1.29, 1.82) is 0 Å². The molecule has 1 aromatic carbocycles. The summed E-state index contributed by atoms with van der Waals surface area (Å²) in [6.45, 7) is 0. The molecule has 6 heteroatoms. The number of fused-ring (bicyclic) bond motifs is 1. The summed E-state index contributed by atoms with van der Waals surface area (Å²) >= 11 is 6.80. The molecule has 3 rings (SSSR count). The standard InChI is InChI=1S/C12H7Br2N3O/c13-7-4-8-11(9(14)10(7)15)18-12(17-8)6-2-1-3-16-5-6/h1-5H,15H2. The largest absolute Gasteiger partial charge is 0.435 e. The number of hydrogen-bond donors (Lipinski definition) is 1. The number of nitrogens with two attached hydrogens (primary N) is 1. The van der Waals surface area contributed by atoms with Crippen molar-refractivity contribution in [2.45, 2.75) is 0 Å². The lowest BCUT2D eigenvalue weighted by atomic mass is 10.3. The molecule has 18 heavy (non-hydrogen) atoms. The highest BCUT2D eigenvalue weighted by Crippen LogP contribution is 2.37. The number of aromatic nitrogens is 2. The van der Waals surface area contributed by atoms with Gasteiger partial charge in [-0.1, -0.05) is 0 Å². The summed E-state index contributed by atoms with van der Waals surface area (Å²) < 4.78 is 7.21. The van der Waals surface area contributed by atoms with Crippen molar-refractivity contribution in [3.63, 3.8) is 0 Å². The summed E-state index contributed by atoms with van der Waals surface area (Å²) in [5, 5.41) is 0. The topological polar surface area (TPSA) is 64.9 Å². The summed E-state index contributed by atoms with van der Waals surface area (Å²) in [4.78, 5) is 8.47. The van der Waals surface area contributed by atoms with Gasteiger partial charge in [0.15, 0.2) is 5.58 Å². The highest BCUT2D eigenvalue weighted by molar-refractivity contribution is 9.11. The molecule has 0 atom stereocenters. The lowest BCUT2D eigenvalue weighted by molar-refractivity contribution is 0.618. The maximum absolute atomic E-state index is 5.90. The van der Waals surface area contributed by atoms with Gasteiger partial charge in [0.25, 0.3) is 0 Å². The monoisotopic (exact) mass is 367 g/mol. The Hall–Kier alpha value is -1.40. The van der Waals surface area contributed by atoms with Gasteiger partial charge in [0.2, 0.25) is 5.89 Å². The van der Waals surface area contributed by atoms with E-state index in [-0.39, 0.29) is 0 Å². The average molecular weight is 369 g/mol. The molecule has 0 aliphatic carbocycles. The smallest absolute Gasteiger partial charge is 0.228 e. The minimum Gasteiger partial charge on any atom is -0.435 e. The van der Waals surface area contributed by atoms with Gasteiger partial charge in [-0.2, -0.15) is 0 Å². The maximum Gasteiger partial charge on any atom is 0.228 e. The van der Waals surface area contributed by atoms with E-state index < -0.39 is 0 Å². The zero-order valence-electron chi connectivity index (χ0n) is 9.02. The number of nitrogen functional groups attached to an aromatic ring is 1. The third-order valence-corrected chi connectivity index (χ3v) is 3.96. The molecule has 0 unspecified atom stereocenters. The van der Waals surface area contributed by atoms with Crippen LogP contribution in [0.5, 0.6) is 0 Å². The molecule has 0 saturated heterocycles. The molecular formula is C12H7Br2N3O. The van der Waals surface area contributed by atoms with Gasteiger partial charge in [0.1, 0.15) is 5.52 Å². The van der Waals surface area contributed by atoms with Gasteiger partial charge in [0, 0.05) is 16.9 Å². The normalized spacial score (nSPS) is 11.0. The zero-order valence-corrected chi connectivity index (χ0v) is 12.2. The molecule has 0 spiro atoms. The molecule has 0 aliphatic heterocycles. The highest BCUT2D eigenvalue weighted by atomic mass is 79.9. The van der Waals surface area contributed by atoms with Gasteiger partial charge in [-0.25, -0.2) is 4.98 Å². The van der Waals surface area contributed by atoms with Crippen molar-refractivity contribution < 1.29 is 4.42 Å². The fourth-order valence-electron chi connectivity index (χ4n) is 1.62. The highest BCUT2D eigenvalue weighted by Gasteiger charge is 2.14. The van der Waals surface area contributed by atoms with Crippen LogP contribution in [0.3, 0.4) is 0 Å². The Bertz CT molecular complexity index is 725. The average Bonchev–Trinajstić information content (AvgIpc) is 2.81. The molecule has 4 nitrogen and oxygen atoms in total. The second kappa shape index (κ2) is 4.37. The van der Waals surface area contributed by atoms with Crippen LogP contribution in [0.25, 0.3) is 22.6 Å². The number of oxazole rings is 1. The van der Waals surface area contributed by atoms with Crippen molar-refractivity contribution in [3.05, 3.63) is 39.5 Å². The van der Waals surface area contributed by atoms with Crippen LogP contribution < -0.4 is 5.73 Å². The zero-order chi connectivity index (χ0) is 12.7. The Kier molecular flexibility index (Phi) is 2.83. The van der Waals surface area contributed by atoms with Crippen molar-refractivity contribution >= 4 is 48.6 Å². The van der Waals surface area contributed by atoms with Gasteiger partial charge >= 0.3 is 0 Å². The first kappa shape index (κ1) is 11.7. The second-order valence-corrected chi connectivity index (χ2v) is 5.34. The van der Waals surface area contributed by atoms with Crippen LogP contribution in [0.4, 0.5) is 5.69 Å². The first-order valence-corrected chi connectivity index (χ1v) is 6.70. The number of nitrogens with zero attached hydrogens (tertiary/aromatic N) is 2.